The van der Waals surface area contributed by atoms with E-state index in [4.69, 9.17) is 4.74 Å². The Bertz CT molecular complexity index is 1350. The van der Waals surface area contributed by atoms with E-state index in [0.717, 1.165) is 33.5 Å². The van der Waals surface area contributed by atoms with Crippen LogP contribution in [0.2, 0.25) is 0 Å². The maximum Gasteiger partial charge on any atom is 0.329 e. The van der Waals surface area contributed by atoms with E-state index >= 15 is 0 Å². The second-order valence-corrected chi connectivity index (χ2v) is 11.9. The lowest BCUT2D eigenvalue weighted by atomic mass is 10.00. The van der Waals surface area contributed by atoms with Gasteiger partial charge in [-0.3, -0.25) is 14.9 Å². The number of hydrogen-bond acceptors (Lipinski definition) is 7. The van der Waals surface area contributed by atoms with Gasteiger partial charge in [-0.15, -0.1) is 0 Å². The smallest absolute Gasteiger partial charge is 0.329 e. The fraction of sp³-hybridized carbons (Fsp3) is 0.440. The van der Waals surface area contributed by atoms with E-state index in [-0.39, 0.29) is 13.1 Å². The highest BCUT2D eigenvalue weighted by Crippen LogP contribution is 2.30. The first-order valence-corrected chi connectivity index (χ1v) is 13.2. The van der Waals surface area contributed by atoms with Crippen molar-refractivity contribution >= 4 is 27.6 Å². The minimum Gasteiger partial charge on any atom is -0.458 e. The summed E-state index contributed by atoms with van der Waals surface area (Å²) in [6, 6.07) is 4.14. The van der Waals surface area contributed by atoms with Crippen LogP contribution in [0.25, 0.3) is 0 Å². The Labute approximate surface area is 219 Å². The van der Waals surface area contributed by atoms with Crippen molar-refractivity contribution in [3.63, 3.8) is 0 Å². The Morgan fingerprint density at radius 1 is 1.18 bits per heavy atom. The first-order chi connectivity index (χ1) is 17.5. The molecule has 1 amide bonds. The predicted octanol–water partition coefficient (Wildman–Crippen LogP) is 3.36. The van der Waals surface area contributed by atoms with Crippen LogP contribution in [0.4, 0.5) is 14.5 Å². The van der Waals surface area contributed by atoms with E-state index in [1.54, 1.807) is 20.8 Å². The molecule has 3 rings (SSSR count). The molecule has 206 valence electrons. The highest BCUT2D eigenvalue weighted by molar-refractivity contribution is 7.89. The molecule has 1 aliphatic rings. The minimum absolute atomic E-state index is 0.317. The van der Waals surface area contributed by atoms with E-state index in [0.29, 0.717) is 5.56 Å². The molecule has 2 aromatic rings. The Morgan fingerprint density at radius 2 is 1.76 bits per heavy atom. The summed E-state index contributed by atoms with van der Waals surface area (Å²) in [6.07, 6.45) is -0.539. The van der Waals surface area contributed by atoms with Gasteiger partial charge in [-0.1, -0.05) is 12.1 Å². The number of nitro groups is 1. The van der Waals surface area contributed by atoms with Crippen LogP contribution in [0.3, 0.4) is 0 Å². The van der Waals surface area contributed by atoms with Crippen molar-refractivity contribution in [2.45, 2.75) is 63.6 Å². The number of para-hydroxylation sites is 1. The number of piperazine rings is 1. The molecule has 0 aliphatic carbocycles. The van der Waals surface area contributed by atoms with Gasteiger partial charge in [-0.2, -0.15) is 4.31 Å². The molecule has 10 nitrogen and oxygen atoms in total. The number of aryl methyl sites for hydroxylation is 1. The largest absolute Gasteiger partial charge is 0.458 e. The zero-order chi connectivity index (χ0) is 28.6. The molecule has 13 heteroatoms. The molecule has 2 aromatic carbocycles. The third-order valence-corrected chi connectivity index (χ3v) is 8.04. The summed E-state index contributed by atoms with van der Waals surface area (Å²) in [6.45, 7) is 6.93. The number of halogens is 2. The first kappa shape index (κ1) is 29.1. The van der Waals surface area contributed by atoms with Crippen LogP contribution in [0.15, 0.2) is 41.3 Å². The molecule has 1 saturated heterocycles. The Kier molecular flexibility index (Phi) is 8.22. The molecule has 1 aliphatic heterocycles. The monoisotopic (exact) mass is 553 g/mol. The molecule has 0 saturated carbocycles. The van der Waals surface area contributed by atoms with Gasteiger partial charge >= 0.3 is 5.97 Å². The second-order valence-electron chi connectivity index (χ2n) is 10.0. The molecule has 0 aromatic heterocycles. The summed E-state index contributed by atoms with van der Waals surface area (Å²) >= 11 is 0. The fourth-order valence-electron chi connectivity index (χ4n) is 4.27. The molecule has 1 heterocycles. The van der Waals surface area contributed by atoms with Crippen LogP contribution in [0.1, 0.15) is 38.8 Å². The number of esters is 1. The van der Waals surface area contributed by atoms with E-state index in [2.05, 4.69) is 0 Å². The predicted molar refractivity (Wildman–Crippen MR) is 133 cm³/mol. The number of ether oxygens (including phenoxy) is 1. The molecule has 0 N–H and O–H groups in total. The summed E-state index contributed by atoms with van der Waals surface area (Å²) in [4.78, 5) is 37.6. The second kappa shape index (κ2) is 10.7. The van der Waals surface area contributed by atoms with E-state index < -0.39 is 78.7 Å². The lowest BCUT2D eigenvalue weighted by Crippen LogP contribution is -2.62. The third-order valence-electron chi connectivity index (χ3n) is 6.02. The quantitative estimate of drug-likeness (QED) is 0.292. The Hall–Kier alpha value is -3.45. The number of sulfonamides is 1. The van der Waals surface area contributed by atoms with Gasteiger partial charge in [0.25, 0.3) is 15.7 Å². The third kappa shape index (κ3) is 5.99. The normalized spacial score (nSPS) is 17.8. The number of carbonyl (C=O) groups excluding carboxylic acids is 2. The topological polar surface area (TPSA) is 127 Å². The number of nitrogens with zero attached hydrogens (tertiary/aromatic N) is 3. The number of hydrogen-bond donors (Lipinski definition) is 0. The van der Waals surface area contributed by atoms with Gasteiger partial charge in [0.1, 0.15) is 29.3 Å². The van der Waals surface area contributed by atoms with Crippen molar-refractivity contribution in [2.75, 3.05) is 13.1 Å². The van der Waals surface area contributed by atoms with Gasteiger partial charge in [-0.05, 0) is 58.4 Å². The maximum atomic E-state index is 14.7. The fourth-order valence-corrected chi connectivity index (χ4v) is 6.01. The maximum absolute atomic E-state index is 14.7. The number of rotatable bonds is 7. The van der Waals surface area contributed by atoms with Gasteiger partial charge in [0, 0.05) is 31.1 Å². The summed E-state index contributed by atoms with van der Waals surface area (Å²) in [5.74, 6) is -3.52. The summed E-state index contributed by atoms with van der Waals surface area (Å²) in [5.41, 5.74) is -1.71. The highest BCUT2D eigenvalue weighted by atomic mass is 32.2. The molecule has 0 radical (unpaired) electrons. The van der Waals surface area contributed by atoms with Gasteiger partial charge in [0.15, 0.2) is 4.90 Å². The van der Waals surface area contributed by atoms with Crippen molar-refractivity contribution in [2.24, 2.45) is 0 Å². The summed E-state index contributed by atoms with van der Waals surface area (Å²) < 4.78 is 62.3. The highest BCUT2D eigenvalue weighted by Gasteiger charge is 2.45. The van der Waals surface area contributed by atoms with Crippen LogP contribution in [0.5, 0.6) is 0 Å². The average molecular weight is 554 g/mol. The zero-order valence-corrected chi connectivity index (χ0v) is 22.4. The lowest BCUT2D eigenvalue weighted by Gasteiger charge is -2.41. The zero-order valence-electron chi connectivity index (χ0n) is 21.6. The van der Waals surface area contributed by atoms with Gasteiger partial charge in [0.2, 0.25) is 5.91 Å². The molecule has 0 spiro atoms. The SMILES string of the molecule is Cc1cc(F)c(C[C@@H](C(=O)OC(C)(C)C)N2CCN(S(=O)(=O)c3ccccc3[N+](=O)[O-])[C@@H](C)C2=O)c(F)c1. The lowest BCUT2D eigenvalue weighted by molar-refractivity contribution is -0.387. The minimum atomic E-state index is -4.49. The molecular weight excluding hydrogens is 524 g/mol. The molecule has 0 unspecified atom stereocenters. The number of amides is 1. The van der Waals surface area contributed by atoms with Crippen LogP contribution in [0, 0.1) is 28.7 Å². The van der Waals surface area contributed by atoms with Crippen LogP contribution < -0.4 is 0 Å². The Morgan fingerprint density at radius 3 is 2.32 bits per heavy atom. The Balaban J connectivity index is 1.98. The van der Waals surface area contributed by atoms with Crippen molar-refractivity contribution in [3.05, 3.63) is 69.3 Å². The van der Waals surface area contributed by atoms with Crippen molar-refractivity contribution in [3.8, 4) is 0 Å². The van der Waals surface area contributed by atoms with Gasteiger partial charge < -0.3 is 9.64 Å². The van der Waals surface area contributed by atoms with Crippen LogP contribution >= 0.6 is 0 Å². The number of benzene rings is 2. The van der Waals surface area contributed by atoms with E-state index in [9.17, 15) is 36.9 Å². The van der Waals surface area contributed by atoms with Crippen LogP contribution in [-0.4, -0.2) is 65.2 Å². The molecule has 1 fully saturated rings. The number of nitro benzene ring substituents is 1. The molecule has 0 bridgehead atoms. The van der Waals surface area contributed by atoms with E-state index in [1.165, 1.54) is 26.0 Å². The van der Waals surface area contributed by atoms with Gasteiger partial charge in [0.05, 0.1) is 4.92 Å². The van der Waals surface area contributed by atoms with Crippen molar-refractivity contribution in [1.29, 1.82) is 0 Å². The van der Waals surface area contributed by atoms with Crippen molar-refractivity contribution < 1.29 is 36.4 Å². The summed E-state index contributed by atoms with van der Waals surface area (Å²) in [5, 5.41) is 11.4. The summed E-state index contributed by atoms with van der Waals surface area (Å²) in [7, 11) is -4.49. The average Bonchev–Trinajstić information content (AvgIpc) is 2.79. The molecule has 38 heavy (non-hydrogen) atoms. The number of carbonyl (C=O) groups is 2. The standard InChI is InChI=1S/C25H29F2N3O7S/c1-15-12-18(26)17(19(27)13-15)14-21(24(32)37-25(3,4)5)28-10-11-29(16(2)23(28)31)38(35,36)22-9-7-6-8-20(22)30(33)34/h6-9,12-13,16,21H,10-11,14H2,1-5H3/t16-,21-/m0/s1. The van der Waals surface area contributed by atoms with E-state index in [1.807, 2.05) is 0 Å². The van der Waals surface area contributed by atoms with Crippen LogP contribution in [-0.2, 0) is 30.8 Å². The molecule has 2 atom stereocenters. The van der Waals surface area contributed by atoms with Crippen molar-refractivity contribution in [1.82, 2.24) is 9.21 Å². The van der Waals surface area contributed by atoms with Gasteiger partial charge in [-0.25, -0.2) is 22.0 Å². The first-order valence-electron chi connectivity index (χ1n) is 11.8. The molecular formula is C25H29F2N3O7S.